The van der Waals surface area contributed by atoms with Crippen LogP contribution in [0.3, 0.4) is 0 Å². The molecule has 0 unspecified atom stereocenters. The van der Waals surface area contributed by atoms with Crippen LogP contribution in [0, 0.1) is 12.7 Å². The molecule has 7 heteroatoms. The first-order chi connectivity index (χ1) is 13.3. The maximum absolute atomic E-state index is 13.8. The van der Waals surface area contributed by atoms with Gasteiger partial charge < -0.3 is 15.4 Å². The minimum Gasteiger partial charge on any atom is -0.445 e. The number of nitrogens with one attached hydrogen (secondary N) is 2. The molecule has 0 aliphatic heterocycles. The standard InChI is InChI=1S/C21H23FN2O4/c1-13-9-17(19(11-18(13)22)24-15(3)25)20(26)10-14(2)23-21(27)28-12-16-7-5-4-6-8-16/h4-9,11,14H,10,12H2,1-3H3,(H,23,27)(H,24,25)/t14-/m0/s1. The van der Waals surface area contributed by atoms with Crippen molar-refractivity contribution in [3.8, 4) is 0 Å². The van der Waals surface area contributed by atoms with Crippen molar-refractivity contribution in [1.82, 2.24) is 5.32 Å². The van der Waals surface area contributed by atoms with Crippen LogP contribution in [0.25, 0.3) is 0 Å². The van der Waals surface area contributed by atoms with Crippen molar-refractivity contribution < 1.29 is 23.5 Å². The fourth-order valence-corrected chi connectivity index (χ4v) is 2.61. The average molecular weight is 386 g/mol. The maximum atomic E-state index is 13.8. The first-order valence-electron chi connectivity index (χ1n) is 8.84. The van der Waals surface area contributed by atoms with E-state index in [2.05, 4.69) is 10.6 Å². The Hall–Kier alpha value is -3.22. The molecular weight excluding hydrogens is 363 g/mol. The number of hydrogen-bond acceptors (Lipinski definition) is 4. The lowest BCUT2D eigenvalue weighted by atomic mass is 10.00. The summed E-state index contributed by atoms with van der Waals surface area (Å²) in [4.78, 5) is 35.8. The number of ether oxygens (including phenoxy) is 1. The van der Waals surface area contributed by atoms with Gasteiger partial charge in [0.05, 0.1) is 5.69 Å². The van der Waals surface area contributed by atoms with E-state index in [4.69, 9.17) is 4.74 Å². The molecule has 2 amide bonds. The van der Waals surface area contributed by atoms with Gasteiger partial charge in [0.25, 0.3) is 0 Å². The number of rotatable bonds is 7. The van der Waals surface area contributed by atoms with Crippen molar-refractivity contribution in [2.45, 2.75) is 39.8 Å². The third-order valence-corrected chi connectivity index (χ3v) is 3.98. The van der Waals surface area contributed by atoms with Crippen molar-refractivity contribution in [1.29, 1.82) is 0 Å². The molecule has 0 aliphatic rings. The summed E-state index contributed by atoms with van der Waals surface area (Å²) in [5.41, 5.74) is 1.45. The fraction of sp³-hybridized carbons (Fsp3) is 0.286. The van der Waals surface area contributed by atoms with E-state index in [0.29, 0.717) is 5.56 Å². The molecule has 28 heavy (non-hydrogen) atoms. The lowest BCUT2D eigenvalue weighted by Crippen LogP contribution is -2.34. The second-order valence-corrected chi connectivity index (χ2v) is 6.56. The number of ketones is 1. The smallest absolute Gasteiger partial charge is 0.407 e. The maximum Gasteiger partial charge on any atom is 0.407 e. The highest BCUT2D eigenvalue weighted by Crippen LogP contribution is 2.22. The third kappa shape index (κ3) is 6.19. The topological polar surface area (TPSA) is 84.5 Å². The molecule has 148 valence electrons. The summed E-state index contributed by atoms with van der Waals surface area (Å²) in [6.07, 6.45) is -0.667. The van der Waals surface area contributed by atoms with E-state index in [9.17, 15) is 18.8 Å². The van der Waals surface area contributed by atoms with Crippen LogP contribution in [0.15, 0.2) is 42.5 Å². The van der Waals surface area contributed by atoms with Gasteiger partial charge in [-0.1, -0.05) is 30.3 Å². The number of Topliss-reactive ketones (excluding diaryl/α,β-unsaturated/α-hetero) is 1. The second kappa shape index (κ2) is 9.64. The molecule has 2 aromatic rings. The predicted octanol–water partition coefficient (Wildman–Crippen LogP) is 3.98. The summed E-state index contributed by atoms with van der Waals surface area (Å²) in [6, 6.07) is 11.2. The Kier molecular flexibility index (Phi) is 7.26. The molecule has 2 rings (SSSR count). The van der Waals surface area contributed by atoms with E-state index in [-0.39, 0.29) is 30.1 Å². The number of carbonyl (C=O) groups is 3. The Balaban J connectivity index is 1.97. The second-order valence-electron chi connectivity index (χ2n) is 6.56. The zero-order chi connectivity index (χ0) is 20.7. The van der Waals surface area contributed by atoms with Crippen LogP contribution in [0.5, 0.6) is 0 Å². The quantitative estimate of drug-likeness (QED) is 0.705. The monoisotopic (exact) mass is 386 g/mol. The number of aryl methyl sites for hydroxylation is 1. The summed E-state index contributed by atoms with van der Waals surface area (Å²) >= 11 is 0. The van der Waals surface area contributed by atoms with Crippen molar-refractivity contribution >= 4 is 23.5 Å². The van der Waals surface area contributed by atoms with Crippen LogP contribution in [0.4, 0.5) is 14.9 Å². The molecule has 0 radical (unpaired) electrons. The van der Waals surface area contributed by atoms with Gasteiger partial charge in [-0.15, -0.1) is 0 Å². The van der Waals surface area contributed by atoms with E-state index in [1.54, 1.807) is 6.92 Å². The molecule has 6 nitrogen and oxygen atoms in total. The number of hydrogen-bond donors (Lipinski definition) is 2. The van der Waals surface area contributed by atoms with Crippen LogP contribution < -0.4 is 10.6 Å². The van der Waals surface area contributed by atoms with Gasteiger partial charge in [0.15, 0.2) is 5.78 Å². The SMILES string of the molecule is CC(=O)Nc1cc(F)c(C)cc1C(=O)C[C@H](C)NC(=O)OCc1ccccc1. The minimum absolute atomic E-state index is 0.0297. The van der Waals surface area contributed by atoms with Crippen molar-refractivity contribution in [3.05, 3.63) is 65.0 Å². The molecule has 0 bridgehead atoms. The highest BCUT2D eigenvalue weighted by atomic mass is 19.1. The molecule has 0 fully saturated rings. The minimum atomic E-state index is -0.637. The van der Waals surface area contributed by atoms with Gasteiger partial charge in [0.1, 0.15) is 12.4 Å². The zero-order valence-corrected chi connectivity index (χ0v) is 16.0. The molecule has 0 heterocycles. The lowest BCUT2D eigenvalue weighted by molar-refractivity contribution is -0.114. The van der Waals surface area contributed by atoms with Gasteiger partial charge in [-0.2, -0.15) is 0 Å². The molecule has 0 saturated heterocycles. The molecule has 0 saturated carbocycles. The van der Waals surface area contributed by atoms with Crippen LogP contribution >= 0.6 is 0 Å². The van der Waals surface area contributed by atoms with Gasteiger partial charge in [-0.05, 0) is 37.1 Å². The largest absolute Gasteiger partial charge is 0.445 e. The Morgan fingerprint density at radius 3 is 2.46 bits per heavy atom. The van der Waals surface area contributed by atoms with Crippen molar-refractivity contribution in [2.24, 2.45) is 0 Å². The molecular formula is C21H23FN2O4. The summed E-state index contributed by atoms with van der Waals surface area (Å²) in [6.45, 7) is 4.60. The van der Waals surface area contributed by atoms with E-state index in [1.165, 1.54) is 19.9 Å². The highest BCUT2D eigenvalue weighted by Gasteiger charge is 2.19. The van der Waals surface area contributed by atoms with Gasteiger partial charge in [-0.3, -0.25) is 9.59 Å². The number of benzene rings is 2. The third-order valence-electron chi connectivity index (χ3n) is 3.98. The van der Waals surface area contributed by atoms with Crippen LogP contribution in [-0.2, 0) is 16.1 Å². The number of amides is 2. The number of carbonyl (C=O) groups excluding carboxylic acids is 3. The Labute approximate surface area is 163 Å². The first-order valence-corrected chi connectivity index (χ1v) is 8.84. The molecule has 0 aliphatic carbocycles. The first kappa shape index (κ1) is 21.1. The van der Waals surface area contributed by atoms with Crippen LogP contribution in [0.2, 0.25) is 0 Å². The van der Waals surface area contributed by atoms with Gasteiger partial charge in [0, 0.05) is 24.9 Å². The zero-order valence-electron chi connectivity index (χ0n) is 16.0. The molecule has 2 N–H and O–H groups in total. The molecule has 0 spiro atoms. The van der Waals surface area contributed by atoms with E-state index < -0.39 is 23.9 Å². The predicted molar refractivity (Wildman–Crippen MR) is 104 cm³/mol. The summed E-state index contributed by atoms with van der Waals surface area (Å²) in [5, 5.41) is 5.06. The Bertz CT molecular complexity index is 868. The van der Waals surface area contributed by atoms with Gasteiger partial charge >= 0.3 is 6.09 Å². The van der Waals surface area contributed by atoms with Crippen LogP contribution in [0.1, 0.15) is 41.8 Å². The van der Waals surface area contributed by atoms with E-state index in [1.807, 2.05) is 30.3 Å². The normalized spacial score (nSPS) is 11.4. The van der Waals surface area contributed by atoms with Gasteiger partial charge in [0.2, 0.25) is 5.91 Å². The van der Waals surface area contributed by atoms with Crippen molar-refractivity contribution in [3.63, 3.8) is 0 Å². The Morgan fingerprint density at radius 2 is 1.82 bits per heavy atom. The summed E-state index contributed by atoms with van der Waals surface area (Å²) < 4.78 is 18.9. The molecule has 1 atom stereocenters. The van der Waals surface area contributed by atoms with Crippen LogP contribution in [-0.4, -0.2) is 23.8 Å². The average Bonchev–Trinajstić information content (AvgIpc) is 2.63. The number of halogens is 1. The molecule has 2 aromatic carbocycles. The van der Waals surface area contributed by atoms with E-state index >= 15 is 0 Å². The summed E-state index contributed by atoms with van der Waals surface area (Å²) in [5.74, 6) is -1.26. The highest BCUT2D eigenvalue weighted by molar-refractivity contribution is 6.05. The van der Waals surface area contributed by atoms with Gasteiger partial charge in [-0.25, -0.2) is 9.18 Å². The fourth-order valence-electron chi connectivity index (χ4n) is 2.61. The van der Waals surface area contributed by atoms with Crippen molar-refractivity contribution in [2.75, 3.05) is 5.32 Å². The lowest BCUT2D eigenvalue weighted by Gasteiger charge is -2.15. The number of alkyl carbamates (subject to hydrolysis) is 1. The van der Waals surface area contributed by atoms with E-state index in [0.717, 1.165) is 11.6 Å². The number of anilines is 1. The summed E-state index contributed by atoms with van der Waals surface area (Å²) in [7, 11) is 0. The Morgan fingerprint density at radius 1 is 1.14 bits per heavy atom. The molecule has 0 aromatic heterocycles.